The summed E-state index contributed by atoms with van der Waals surface area (Å²) in [5, 5.41) is 17.0. The summed E-state index contributed by atoms with van der Waals surface area (Å²) in [5.41, 5.74) is 8.85. The molecule has 1 heterocycles. The van der Waals surface area contributed by atoms with Crippen LogP contribution < -0.4 is 0 Å². The van der Waals surface area contributed by atoms with Gasteiger partial charge in [0.05, 0.1) is 17.1 Å². The average molecular weight is 202 g/mol. The quantitative estimate of drug-likeness (QED) is 0.734. The molecule has 76 valence electrons. The summed E-state index contributed by atoms with van der Waals surface area (Å²) in [7, 11) is 0. The van der Waals surface area contributed by atoms with Gasteiger partial charge in [0.15, 0.2) is 0 Å². The number of aromatic hydroxyl groups is 1. The van der Waals surface area contributed by atoms with E-state index in [0.29, 0.717) is 11.4 Å². The van der Waals surface area contributed by atoms with Gasteiger partial charge in [-0.05, 0) is 25.1 Å². The van der Waals surface area contributed by atoms with E-state index in [0.717, 1.165) is 5.69 Å². The number of aryl methyl sites for hydroxylation is 1. The van der Waals surface area contributed by atoms with Gasteiger partial charge < -0.3 is 5.11 Å². The number of benzene rings is 1. The maximum Gasteiger partial charge on any atom is 0.214 e. The Morgan fingerprint density at radius 3 is 2.80 bits per heavy atom. The van der Waals surface area contributed by atoms with Crippen LogP contribution in [0.15, 0.2) is 35.4 Å². The van der Waals surface area contributed by atoms with E-state index in [-0.39, 0.29) is 5.88 Å². The lowest BCUT2D eigenvalue weighted by Gasteiger charge is -2.02. The second kappa shape index (κ2) is 3.53. The fraction of sp³-hybridized carbons (Fsp3) is 0.100. The summed E-state index contributed by atoms with van der Waals surface area (Å²) < 4.78 is 1.41. The zero-order valence-electron chi connectivity index (χ0n) is 8.18. The molecule has 0 aliphatic heterocycles. The van der Waals surface area contributed by atoms with Crippen LogP contribution in [0.3, 0.4) is 0 Å². The number of nitrogens with one attached hydrogen (secondary N) is 1. The minimum absolute atomic E-state index is 0.0784. The highest BCUT2D eigenvalue weighted by Crippen LogP contribution is 2.21. The maximum atomic E-state index is 9.57. The minimum atomic E-state index is 0.0784. The Bertz CT molecular complexity index is 504. The molecule has 0 bridgehead atoms. The van der Waals surface area contributed by atoms with Gasteiger partial charge in [0, 0.05) is 6.07 Å². The average Bonchev–Trinajstić information content (AvgIpc) is 2.58. The SMILES string of the molecule is Cc1cc(O)n(-c2cccc(N=N)c2)n1. The molecule has 0 saturated carbocycles. The first-order valence-corrected chi connectivity index (χ1v) is 4.44. The first kappa shape index (κ1) is 9.39. The molecule has 0 atom stereocenters. The van der Waals surface area contributed by atoms with Crippen molar-refractivity contribution in [1.29, 1.82) is 5.53 Å². The largest absolute Gasteiger partial charge is 0.493 e. The molecule has 0 saturated heterocycles. The van der Waals surface area contributed by atoms with Crippen LogP contribution in [0, 0.1) is 12.5 Å². The molecule has 5 heteroatoms. The summed E-state index contributed by atoms with van der Waals surface area (Å²) in [6.45, 7) is 1.80. The molecule has 0 radical (unpaired) electrons. The molecule has 1 aromatic heterocycles. The van der Waals surface area contributed by atoms with Gasteiger partial charge in [-0.2, -0.15) is 10.2 Å². The molecule has 0 fully saturated rings. The minimum Gasteiger partial charge on any atom is -0.493 e. The van der Waals surface area contributed by atoms with E-state index in [1.807, 2.05) is 0 Å². The topological polar surface area (TPSA) is 74.3 Å². The van der Waals surface area contributed by atoms with Crippen molar-refractivity contribution in [3.63, 3.8) is 0 Å². The molecule has 2 aromatic rings. The van der Waals surface area contributed by atoms with Crippen LogP contribution in [-0.2, 0) is 0 Å². The van der Waals surface area contributed by atoms with E-state index in [4.69, 9.17) is 5.53 Å². The van der Waals surface area contributed by atoms with Crippen LogP contribution >= 0.6 is 0 Å². The van der Waals surface area contributed by atoms with Crippen molar-refractivity contribution < 1.29 is 5.11 Å². The predicted molar refractivity (Wildman–Crippen MR) is 54.8 cm³/mol. The fourth-order valence-corrected chi connectivity index (χ4v) is 1.37. The van der Waals surface area contributed by atoms with Crippen molar-refractivity contribution in [2.45, 2.75) is 6.92 Å². The second-order valence-electron chi connectivity index (χ2n) is 3.19. The zero-order valence-corrected chi connectivity index (χ0v) is 8.18. The highest BCUT2D eigenvalue weighted by molar-refractivity contribution is 5.47. The smallest absolute Gasteiger partial charge is 0.214 e. The molecule has 0 spiro atoms. The van der Waals surface area contributed by atoms with E-state index >= 15 is 0 Å². The van der Waals surface area contributed by atoms with Crippen molar-refractivity contribution >= 4 is 5.69 Å². The Hall–Kier alpha value is -2.17. The Kier molecular flexibility index (Phi) is 2.21. The molecule has 1 aromatic carbocycles. The molecular weight excluding hydrogens is 192 g/mol. The Morgan fingerprint density at radius 1 is 1.40 bits per heavy atom. The van der Waals surface area contributed by atoms with Crippen molar-refractivity contribution in [2.75, 3.05) is 0 Å². The highest BCUT2D eigenvalue weighted by Gasteiger charge is 2.05. The number of hydrogen-bond acceptors (Lipinski definition) is 4. The van der Waals surface area contributed by atoms with Crippen LogP contribution in [0.1, 0.15) is 5.69 Å². The number of nitrogens with zero attached hydrogens (tertiary/aromatic N) is 3. The van der Waals surface area contributed by atoms with Gasteiger partial charge in [-0.25, -0.2) is 10.2 Å². The molecule has 2 rings (SSSR count). The van der Waals surface area contributed by atoms with Crippen LogP contribution in [0.2, 0.25) is 0 Å². The zero-order chi connectivity index (χ0) is 10.8. The summed E-state index contributed by atoms with van der Waals surface area (Å²) >= 11 is 0. The number of rotatable bonds is 2. The third-order valence-corrected chi connectivity index (χ3v) is 2.02. The van der Waals surface area contributed by atoms with Crippen molar-refractivity contribution in [3.8, 4) is 11.6 Å². The van der Waals surface area contributed by atoms with E-state index in [2.05, 4.69) is 10.2 Å². The van der Waals surface area contributed by atoms with E-state index in [1.54, 1.807) is 37.3 Å². The van der Waals surface area contributed by atoms with Gasteiger partial charge in [-0.15, -0.1) is 0 Å². The molecule has 2 N–H and O–H groups in total. The highest BCUT2D eigenvalue weighted by atomic mass is 16.3. The van der Waals surface area contributed by atoms with Crippen LogP contribution in [0.25, 0.3) is 5.69 Å². The molecule has 0 aliphatic rings. The molecule has 0 aliphatic carbocycles. The van der Waals surface area contributed by atoms with Gasteiger partial charge in [0.1, 0.15) is 0 Å². The third kappa shape index (κ3) is 1.71. The lowest BCUT2D eigenvalue weighted by molar-refractivity contribution is 0.433. The normalized spacial score (nSPS) is 10.2. The lowest BCUT2D eigenvalue weighted by atomic mass is 10.3. The van der Waals surface area contributed by atoms with Gasteiger partial charge >= 0.3 is 0 Å². The monoisotopic (exact) mass is 202 g/mol. The first-order chi connectivity index (χ1) is 7.20. The second-order valence-corrected chi connectivity index (χ2v) is 3.19. The van der Waals surface area contributed by atoms with E-state index < -0.39 is 0 Å². The fourth-order valence-electron chi connectivity index (χ4n) is 1.37. The summed E-state index contributed by atoms with van der Waals surface area (Å²) in [6.07, 6.45) is 0. The number of aromatic nitrogens is 2. The van der Waals surface area contributed by atoms with E-state index in [9.17, 15) is 5.11 Å². The van der Waals surface area contributed by atoms with Gasteiger partial charge in [-0.1, -0.05) is 6.07 Å². The maximum absolute atomic E-state index is 9.57. The summed E-state index contributed by atoms with van der Waals surface area (Å²) in [5.74, 6) is 0.0784. The predicted octanol–water partition coefficient (Wildman–Crippen LogP) is 2.55. The molecule has 15 heavy (non-hydrogen) atoms. The summed E-state index contributed by atoms with van der Waals surface area (Å²) in [4.78, 5) is 0. The molecule has 5 nitrogen and oxygen atoms in total. The van der Waals surface area contributed by atoms with E-state index in [1.165, 1.54) is 4.68 Å². The number of hydrogen-bond donors (Lipinski definition) is 2. The molecule has 0 unspecified atom stereocenters. The lowest BCUT2D eigenvalue weighted by Crippen LogP contribution is -1.95. The van der Waals surface area contributed by atoms with Crippen LogP contribution in [0.4, 0.5) is 5.69 Å². The summed E-state index contributed by atoms with van der Waals surface area (Å²) in [6, 6.07) is 8.52. The van der Waals surface area contributed by atoms with Crippen LogP contribution in [0.5, 0.6) is 5.88 Å². The Balaban J connectivity index is 2.53. The van der Waals surface area contributed by atoms with Gasteiger partial charge in [0.25, 0.3) is 0 Å². The Morgan fingerprint density at radius 2 is 2.20 bits per heavy atom. The third-order valence-electron chi connectivity index (χ3n) is 2.02. The van der Waals surface area contributed by atoms with Gasteiger partial charge in [-0.3, -0.25) is 0 Å². The first-order valence-electron chi connectivity index (χ1n) is 4.44. The van der Waals surface area contributed by atoms with Crippen molar-refractivity contribution in [2.24, 2.45) is 5.11 Å². The van der Waals surface area contributed by atoms with Crippen LogP contribution in [-0.4, -0.2) is 14.9 Å². The molecular formula is C10H10N4O. The van der Waals surface area contributed by atoms with Gasteiger partial charge in [0.2, 0.25) is 5.88 Å². The van der Waals surface area contributed by atoms with Crippen molar-refractivity contribution in [1.82, 2.24) is 9.78 Å². The Labute approximate surface area is 86.5 Å². The van der Waals surface area contributed by atoms with Crippen molar-refractivity contribution in [3.05, 3.63) is 36.0 Å². The molecule has 0 amide bonds. The standard InChI is InChI=1S/C10H10N4O/c1-7-5-10(15)14(13-7)9-4-2-3-8(6-9)12-11/h2-6,11,15H,1H3.